The summed E-state index contributed by atoms with van der Waals surface area (Å²) in [5, 5.41) is 11.8. The molecule has 3 aliphatic heterocycles. The summed E-state index contributed by atoms with van der Waals surface area (Å²) in [6.45, 7) is 6.55. The van der Waals surface area contributed by atoms with E-state index in [1.807, 2.05) is 50.2 Å². The van der Waals surface area contributed by atoms with Crippen LogP contribution in [0.4, 0.5) is 4.79 Å². The summed E-state index contributed by atoms with van der Waals surface area (Å²) >= 11 is 0. The van der Waals surface area contributed by atoms with Gasteiger partial charge < -0.3 is 19.9 Å². The maximum atomic E-state index is 12.8. The molecule has 1 amide bonds. The molecule has 0 saturated carbocycles. The van der Waals surface area contributed by atoms with Crippen LogP contribution in [-0.2, 0) is 9.53 Å². The molecular formula is C25H32N2O5. The number of hydrogen-bond acceptors (Lipinski definition) is 5. The van der Waals surface area contributed by atoms with Crippen LogP contribution in [0.2, 0.25) is 0 Å². The largest absolute Gasteiger partial charge is 0.482 e. The maximum Gasteiger partial charge on any atom is 0.408 e. The molecule has 172 valence electrons. The second-order valence-electron chi connectivity index (χ2n) is 7.82. The highest BCUT2D eigenvalue weighted by Crippen LogP contribution is 2.30. The average molecular weight is 441 g/mol. The predicted octanol–water partition coefficient (Wildman–Crippen LogP) is 4.09. The summed E-state index contributed by atoms with van der Waals surface area (Å²) in [4.78, 5) is 25.9. The van der Waals surface area contributed by atoms with Crippen molar-refractivity contribution in [2.45, 2.75) is 38.8 Å². The summed E-state index contributed by atoms with van der Waals surface area (Å²) in [6.07, 6.45) is 1.63. The zero-order valence-corrected chi connectivity index (χ0v) is 18.7. The number of carboxylic acid groups (broad SMARTS) is 1. The monoisotopic (exact) mass is 440 g/mol. The minimum absolute atomic E-state index is 0.0749. The van der Waals surface area contributed by atoms with Gasteiger partial charge in [-0.3, -0.25) is 4.90 Å². The number of rotatable bonds is 7. The van der Waals surface area contributed by atoms with Crippen LogP contribution in [0, 0.1) is 5.92 Å². The predicted molar refractivity (Wildman–Crippen MR) is 122 cm³/mol. The number of aliphatic carboxylic acids is 1. The third-order valence-electron chi connectivity index (χ3n) is 5.80. The van der Waals surface area contributed by atoms with E-state index in [9.17, 15) is 9.59 Å². The number of hydrogen-bond donors (Lipinski definition) is 2. The summed E-state index contributed by atoms with van der Waals surface area (Å²) in [5.41, 5.74) is 1.69. The zero-order chi connectivity index (χ0) is 22.9. The molecule has 0 spiro atoms. The van der Waals surface area contributed by atoms with Gasteiger partial charge in [0.1, 0.15) is 11.9 Å². The SMILES string of the molecule is CC.O=C(O)COc1cccc(C(NC(=O)O[C@H]2CN3CCC2CC3)c2ccccc2)c1. The van der Waals surface area contributed by atoms with E-state index < -0.39 is 24.7 Å². The first-order valence-corrected chi connectivity index (χ1v) is 11.3. The van der Waals surface area contributed by atoms with E-state index in [1.54, 1.807) is 18.2 Å². The number of amides is 1. The first kappa shape index (κ1) is 23.6. The molecule has 32 heavy (non-hydrogen) atoms. The molecule has 3 heterocycles. The van der Waals surface area contributed by atoms with Crippen LogP contribution in [0.3, 0.4) is 0 Å². The number of alkyl carbamates (subject to hydrolysis) is 1. The van der Waals surface area contributed by atoms with Crippen molar-refractivity contribution in [2.24, 2.45) is 5.92 Å². The van der Waals surface area contributed by atoms with Crippen LogP contribution in [-0.4, -0.2) is 54.4 Å². The third-order valence-corrected chi connectivity index (χ3v) is 5.80. The van der Waals surface area contributed by atoms with Crippen LogP contribution in [0.1, 0.15) is 43.9 Å². The lowest BCUT2D eigenvalue weighted by Gasteiger charge is -2.43. The first-order chi connectivity index (χ1) is 15.6. The third kappa shape index (κ3) is 6.23. The fraction of sp³-hybridized carbons (Fsp3) is 0.440. The van der Waals surface area contributed by atoms with E-state index in [1.165, 1.54) is 0 Å². The number of fused-ring (bicyclic) bond motifs is 3. The Balaban J connectivity index is 0.00000141. The second kappa shape index (κ2) is 11.5. The molecule has 7 nitrogen and oxygen atoms in total. The average Bonchev–Trinajstić information content (AvgIpc) is 2.84. The van der Waals surface area contributed by atoms with Crippen molar-refractivity contribution in [1.29, 1.82) is 0 Å². The molecule has 0 aliphatic carbocycles. The van der Waals surface area contributed by atoms with E-state index in [4.69, 9.17) is 14.6 Å². The number of carboxylic acids is 1. The van der Waals surface area contributed by atoms with Crippen molar-refractivity contribution in [3.63, 3.8) is 0 Å². The van der Waals surface area contributed by atoms with Crippen molar-refractivity contribution >= 4 is 12.1 Å². The molecule has 2 aromatic carbocycles. The number of nitrogens with zero attached hydrogens (tertiary/aromatic N) is 1. The Hall–Kier alpha value is -3.06. The normalized spacial score (nSPS) is 22.1. The van der Waals surface area contributed by atoms with Crippen molar-refractivity contribution in [1.82, 2.24) is 10.2 Å². The van der Waals surface area contributed by atoms with Gasteiger partial charge in [-0.15, -0.1) is 0 Å². The fourth-order valence-electron chi connectivity index (χ4n) is 4.27. The molecule has 2 N–H and O–H groups in total. The molecule has 0 radical (unpaired) electrons. The van der Waals surface area contributed by atoms with E-state index in [0.29, 0.717) is 11.7 Å². The number of carbonyl (C=O) groups is 2. The molecule has 3 aliphatic rings. The van der Waals surface area contributed by atoms with E-state index >= 15 is 0 Å². The van der Waals surface area contributed by atoms with Gasteiger partial charge >= 0.3 is 12.1 Å². The van der Waals surface area contributed by atoms with Gasteiger partial charge in [0.15, 0.2) is 6.61 Å². The number of nitrogens with one attached hydrogen (secondary N) is 1. The summed E-state index contributed by atoms with van der Waals surface area (Å²) in [7, 11) is 0. The molecular weight excluding hydrogens is 408 g/mol. The molecule has 3 fully saturated rings. The van der Waals surface area contributed by atoms with Crippen molar-refractivity contribution in [3.05, 3.63) is 65.7 Å². The molecule has 0 aromatic heterocycles. The minimum Gasteiger partial charge on any atom is -0.482 e. The zero-order valence-electron chi connectivity index (χ0n) is 18.7. The summed E-state index contributed by atoms with van der Waals surface area (Å²) in [5.74, 6) is -0.175. The summed E-state index contributed by atoms with van der Waals surface area (Å²) < 4.78 is 11.1. The second-order valence-corrected chi connectivity index (χ2v) is 7.82. The molecule has 3 saturated heterocycles. The number of carbonyl (C=O) groups excluding carboxylic acids is 1. The van der Waals surface area contributed by atoms with E-state index in [2.05, 4.69) is 10.2 Å². The fourth-order valence-corrected chi connectivity index (χ4v) is 4.27. The Kier molecular flexibility index (Phi) is 8.50. The van der Waals surface area contributed by atoms with E-state index in [0.717, 1.165) is 43.6 Å². The molecule has 2 atom stereocenters. The van der Waals surface area contributed by atoms with Gasteiger partial charge in [0, 0.05) is 6.54 Å². The van der Waals surface area contributed by atoms with Crippen molar-refractivity contribution < 1.29 is 24.2 Å². The highest BCUT2D eigenvalue weighted by molar-refractivity contribution is 5.69. The molecule has 2 bridgehead atoms. The summed E-state index contributed by atoms with van der Waals surface area (Å²) in [6, 6.07) is 16.3. The molecule has 2 aromatic rings. The van der Waals surface area contributed by atoms with Crippen LogP contribution < -0.4 is 10.1 Å². The molecule has 7 heteroatoms. The highest BCUT2D eigenvalue weighted by Gasteiger charge is 2.36. The first-order valence-electron chi connectivity index (χ1n) is 11.3. The van der Waals surface area contributed by atoms with Crippen LogP contribution in [0.25, 0.3) is 0 Å². The van der Waals surface area contributed by atoms with Gasteiger partial charge in [-0.25, -0.2) is 9.59 Å². The smallest absolute Gasteiger partial charge is 0.408 e. The van der Waals surface area contributed by atoms with Gasteiger partial charge in [-0.1, -0.05) is 56.3 Å². The standard InChI is InChI=1S/C23H26N2O5.C2H6/c26-21(27)15-29-19-8-4-7-18(13-19)22(17-5-2-1-3-6-17)24-23(28)30-20-14-25-11-9-16(20)10-12-25;1-2/h1-8,13,16,20,22H,9-12,14-15H2,(H,24,28)(H,26,27);1-2H3/t20-,22?;/m0./s1. The molecule has 1 unspecified atom stereocenters. The van der Waals surface area contributed by atoms with Crippen LogP contribution >= 0.6 is 0 Å². The van der Waals surface area contributed by atoms with Crippen molar-refractivity contribution in [3.8, 4) is 5.75 Å². The van der Waals surface area contributed by atoms with Crippen LogP contribution in [0.5, 0.6) is 5.75 Å². The number of benzene rings is 2. The van der Waals surface area contributed by atoms with Gasteiger partial charge in [0.05, 0.1) is 6.04 Å². The topological polar surface area (TPSA) is 88.1 Å². The molecule has 5 rings (SSSR count). The van der Waals surface area contributed by atoms with Gasteiger partial charge in [0.25, 0.3) is 0 Å². The number of ether oxygens (including phenoxy) is 2. The van der Waals surface area contributed by atoms with Crippen LogP contribution in [0.15, 0.2) is 54.6 Å². The quantitative estimate of drug-likeness (QED) is 0.674. The lowest BCUT2D eigenvalue weighted by Crippen LogP contribution is -2.52. The van der Waals surface area contributed by atoms with Gasteiger partial charge in [-0.05, 0) is 55.1 Å². The number of piperidine rings is 3. The lowest BCUT2D eigenvalue weighted by molar-refractivity contribution is -0.139. The maximum absolute atomic E-state index is 12.8. The minimum atomic E-state index is -1.04. The van der Waals surface area contributed by atoms with Gasteiger partial charge in [-0.2, -0.15) is 0 Å². The Morgan fingerprint density at radius 3 is 2.38 bits per heavy atom. The Bertz CT molecular complexity index is 881. The Morgan fingerprint density at radius 2 is 1.75 bits per heavy atom. The van der Waals surface area contributed by atoms with Crippen molar-refractivity contribution in [2.75, 3.05) is 26.2 Å². The lowest BCUT2D eigenvalue weighted by atomic mass is 9.86. The Labute approximate surface area is 189 Å². The Morgan fingerprint density at radius 1 is 1.06 bits per heavy atom. The van der Waals surface area contributed by atoms with E-state index in [-0.39, 0.29) is 6.10 Å². The highest BCUT2D eigenvalue weighted by atomic mass is 16.6. The van der Waals surface area contributed by atoms with Gasteiger partial charge in [0.2, 0.25) is 0 Å².